The molecule has 0 aliphatic rings. The molecule has 0 atom stereocenters. The van der Waals surface area contributed by atoms with E-state index in [1.54, 1.807) is 25.1 Å². The highest BCUT2D eigenvalue weighted by Crippen LogP contribution is 2.20. The number of nitrogens with one attached hydrogen (secondary N) is 1. The molecule has 8 heteroatoms. The maximum atomic E-state index is 12.5. The molecular weight excluding hydrogens is 338 g/mol. The lowest BCUT2D eigenvalue weighted by Crippen LogP contribution is -2.28. The van der Waals surface area contributed by atoms with Crippen LogP contribution in [-0.4, -0.2) is 26.8 Å². The number of aromatic nitrogens is 3. The summed E-state index contributed by atoms with van der Waals surface area (Å²) in [5.41, 5.74) is 1.56. The van der Waals surface area contributed by atoms with Gasteiger partial charge in [-0.2, -0.15) is 5.26 Å². The molecule has 3 aromatic rings. The maximum Gasteiger partial charge on any atom is 0.269 e. The Morgan fingerprint density at radius 2 is 2.16 bits per heavy atom. The van der Waals surface area contributed by atoms with Crippen LogP contribution >= 0.6 is 11.3 Å². The van der Waals surface area contributed by atoms with Crippen molar-refractivity contribution in [2.24, 2.45) is 0 Å². The second-order valence-electron chi connectivity index (χ2n) is 5.37. The van der Waals surface area contributed by atoms with Gasteiger partial charge in [-0.25, -0.2) is 14.4 Å². The van der Waals surface area contributed by atoms with Gasteiger partial charge in [-0.05, 0) is 26.0 Å². The topological polar surface area (TPSA) is 100 Å². The lowest BCUT2D eigenvalue weighted by Gasteiger charge is -2.04. The summed E-state index contributed by atoms with van der Waals surface area (Å²) in [6.45, 7) is 4.10. The van der Waals surface area contributed by atoms with Crippen molar-refractivity contribution in [3.63, 3.8) is 0 Å². The van der Waals surface area contributed by atoms with Gasteiger partial charge >= 0.3 is 0 Å². The highest BCUT2D eigenvalue weighted by Gasteiger charge is 2.19. The van der Waals surface area contributed by atoms with Crippen LogP contribution < -0.4 is 10.9 Å². The van der Waals surface area contributed by atoms with Crippen molar-refractivity contribution in [3.8, 4) is 6.07 Å². The molecule has 126 valence electrons. The van der Waals surface area contributed by atoms with E-state index in [0.717, 1.165) is 4.88 Å². The van der Waals surface area contributed by atoms with E-state index in [-0.39, 0.29) is 11.5 Å². The van der Waals surface area contributed by atoms with Crippen molar-refractivity contribution < 1.29 is 4.79 Å². The minimum Gasteiger partial charge on any atom is -0.351 e. The molecule has 0 radical (unpaired) electrons. The molecule has 3 rings (SSSR count). The first-order valence-corrected chi connectivity index (χ1v) is 8.51. The molecular formula is C17H15N5O2S. The molecule has 0 aromatic carbocycles. The summed E-state index contributed by atoms with van der Waals surface area (Å²) in [6.07, 6.45) is 0.342. The van der Waals surface area contributed by atoms with Crippen molar-refractivity contribution in [2.45, 2.75) is 20.3 Å². The first kappa shape index (κ1) is 16.8. The molecule has 0 unspecified atom stereocenters. The average Bonchev–Trinajstić information content (AvgIpc) is 2.91. The van der Waals surface area contributed by atoms with E-state index in [1.807, 2.05) is 13.0 Å². The molecule has 3 aromatic heterocycles. The fourth-order valence-electron chi connectivity index (χ4n) is 2.55. The lowest BCUT2D eigenvalue weighted by atomic mass is 10.2. The fraction of sp³-hybridized carbons (Fsp3) is 0.235. The SMILES string of the molecule is CCNC(=O)c1c(C)sc2nc(Cc3cccc(C#N)n3)cc(=O)n12. The smallest absolute Gasteiger partial charge is 0.269 e. The van der Waals surface area contributed by atoms with Gasteiger partial charge in [-0.1, -0.05) is 6.07 Å². The molecule has 0 aliphatic carbocycles. The maximum absolute atomic E-state index is 12.5. The number of fused-ring (bicyclic) bond motifs is 1. The van der Waals surface area contributed by atoms with E-state index in [0.29, 0.717) is 40.7 Å². The average molecular weight is 353 g/mol. The van der Waals surface area contributed by atoms with E-state index in [1.165, 1.54) is 21.8 Å². The zero-order valence-electron chi connectivity index (χ0n) is 13.7. The highest BCUT2D eigenvalue weighted by molar-refractivity contribution is 7.17. The standard InChI is InChI=1S/C17H15N5O2S/c1-3-19-16(24)15-10(2)25-17-21-13(8-14(23)22(15)17)7-11-5-4-6-12(9-18)20-11/h4-6,8H,3,7H2,1-2H3,(H,19,24). The van der Waals surface area contributed by atoms with Crippen molar-refractivity contribution >= 4 is 22.2 Å². The van der Waals surface area contributed by atoms with Crippen molar-refractivity contribution in [1.29, 1.82) is 5.26 Å². The molecule has 7 nitrogen and oxygen atoms in total. The number of pyridine rings is 1. The lowest BCUT2D eigenvalue weighted by molar-refractivity contribution is 0.0949. The van der Waals surface area contributed by atoms with Gasteiger partial charge in [-0.15, -0.1) is 11.3 Å². The summed E-state index contributed by atoms with van der Waals surface area (Å²) in [6, 6.07) is 8.54. The van der Waals surface area contributed by atoms with Gasteiger partial charge in [-0.3, -0.25) is 9.59 Å². The van der Waals surface area contributed by atoms with E-state index >= 15 is 0 Å². The second kappa shape index (κ2) is 6.83. The van der Waals surface area contributed by atoms with Crippen LogP contribution in [0.25, 0.3) is 4.96 Å². The summed E-state index contributed by atoms with van der Waals surface area (Å²) >= 11 is 1.30. The normalized spacial score (nSPS) is 10.6. The quantitative estimate of drug-likeness (QED) is 0.769. The Bertz CT molecular complexity index is 1060. The van der Waals surface area contributed by atoms with E-state index < -0.39 is 0 Å². The zero-order chi connectivity index (χ0) is 18.0. The number of amides is 1. The Morgan fingerprint density at radius 1 is 1.36 bits per heavy atom. The van der Waals surface area contributed by atoms with Crippen molar-refractivity contribution in [2.75, 3.05) is 6.54 Å². The van der Waals surface area contributed by atoms with E-state index in [2.05, 4.69) is 15.3 Å². The number of nitrogens with zero attached hydrogens (tertiary/aromatic N) is 4. The molecule has 1 amide bonds. The minimum absolute atomic E-state index is 0.286. The third-order valence-corrected chi connectivity index (χ3v) is 4.53. The van der Waals surface area contributed by atoms with Crippen molar-refractivity contribution in [1.82, 2.24) is 19.7 Å². The summed E-state index contributed by atoms with van der Waals surface area (Å²) in [5, 5.41) is 11.6. The molecule has 0 aliphatic heterocycles. The molecule has 0 fully saturated rings. The second-order valence-corrected chi connectivity index (χ2v) is 6.55. The molecule has 3 heterocycles. The number of thiazole rings is 1. The Balaban J connectivity index is 2.04. The highest BCUT2D eigenvalue weighted by atomic mass is 32.1. The number of hydrogen-bond donors (Lipinski definition) is 1. The fourth-order valence-corrected chi connectivity index (χ4v) is 3.54. The number of aryl methyl sites for hydroxylation is 1. The zero-order valence-corrected chi connectivity index (χ0v) is 14.6. The number of carbonyl (C=O) groups excluding carboxylic acids is 1. The number of nitriles is 1. The van der Waals surface area contributed by atoms with Crippen LogP contribution in [0.4, 0.5) is 0 Å². The Kier molecular flexibility index (Phi) is 4.59. The Morgan fingerprint density at radius 3 is 2.88 bits per heavy atom. The Hall–Kier alpha value is -3.05. The van der Waals surface area contributed by atoms with E-state index in [4.69, 9.17) is 5.26 Å². The van der Waals surface area contributed by atoms with Crippen LogP contribution in [0, 0.1) is 18.3 Å². The van der Waals surface area contributed by atoms with Crippen LogP contribution in [0.5, 0.6) is 0 Å². The van der Waals surface area contributed by atoms with Crippen LogP contribution in [0.3, 0.4) is 0 Å². The third-order valence-electron chi connectivity index (χ3n) is 3.58. The van der Waals surface area contributed by atoms with Gasteiger partial charge in [0.15, 0.2) is 4.96 Å². The van der Waals surface area contributed by atoms with Gasteiger partial charge in [0.2, 0.25) is 0 Å². The number of hydrogen-bond acceptors (Lipinski definition) is 6. The van der Waals surface area contributed by atoms with Gasteiger partial charge in [0.05, 0.1) is 5.69 Å². The molecule has 0 saturated heterocycles. The van der Waals surface area contributed by atoms with Gasteiger partial charge in [0.25, 0.3) is 11.5 Å². The van der Waals surface area contributed by atoms with Gasteiger partial charge < -0.3 is 5.32 Å². The van der Waals surface area contributed by atoms with E-state index in [9.17, 15) is 9.59 Å². The monoisotopic (exact) mass is 353 g/mol. The van der Waals surface area contributed by atoms with Crippen LogP contribution in [0.1, 0.15) is 39.4 Å². The summed E-state index contributed by atoms with van der Waals surface area (Å²) < 4.78 is 1.34. The van der Waals surface area contributed by atoms with Crippen LogP contribution in [0.15, 0.2) is 29.1 Å². The molecule has 0 bridgehead atoms. The van der Waals surface area contributed by atoms with Crippen LogP contribution in [0.2, 0.25) is 0 Å². The molecule has 25 heavy (non-hydrogen) atoms. The Labute approximate surface area is 147 Å². The summed E-state index contributed by atoms with van der Waals surface area (Å²) in [7, 11) is 0. The molecule has 0 spiro atoms. The first-order chi connectivity index (χ1) is 12.0. The summed E-state index contributed by atoms with van der Waals surface area (Å²) in [4.78, 5) is 34.6. The first-order valence-electron chi connectivity index (χ1n) is 7.69. The third kappa shape index (κ3) is 3.27. The molecule has 0 saturated carbocycles. The van der Waals surface area contributed by atoms with Crippen molar-refractivity contribution in [3.05, 3.63) is 62.3 Å². The predicted molar refractivity (Wildman–Crippen MR) is 93.8 cm³/mol. The minimum atomic E-state index is -0.304. The molecule has 1 N–H and O–H groups in total. The van der Waals surface area contributed by atoms with Crippen LogP contribution in [-0.2, 0) is 6.42 Å². The van der Waals surface area contributed by atoms with Gasteiger partial charge in [0, 0.05) is 29.6 Å². The largest absolute Gasteiger partial charge is 0.351 e. The number of carbonyl (C=O) groups is 1. The number of rotatable bonds is 4. The summed E-state index contributed by atoms with van der Waals surface area (Å²) in [5.74, 6) is -0.286. The van der Waals surface area contributed by atoms with Gasteiger partial charge in [0.1, 0.15) is 17.5 Å². The predicted octanol–water partition coefficient (Wildman–Crippen LogP) is 1.67.